The molecule has 112 valence electrons. The lowest BCUT2D eigenvalue weighted by Crippen LogP contribution is -1.96. The average molecular weight is 303 g/mol. The number of nitrogen functional groups attached to an aromatic ring is 1. The minimum atomic E-state index is 0.730. The van der Waals surface area contributed by atoms with Crippen LogP contribution in [-0.2, 0) is 18.6 Å². The summed E-state index contributed by atoms with van der Waals surface area (Å²) in [6.07, 6.45) is 7.11. The second-order valence-electron chi connectivity index (χ2n) is 5.56. The van der Waals surface area contributed by atoms with Gasteiger partial charge in [-0.3, -0.25) is 0 Å². The van der Waals surface area contributed by atoms with Gasteiger partial charge in [0, 0.05) is 17.4 Å². The zero-order valence-corrected chi connectivity index (χ0v) is 12.9. The number of hydrogen-bond acceptors (Lipinski definition) is 5. The van der Waals surface area contributed by atoms with Gasteiger partial charge in [0.05, 0.1) is 5.75 Å². The van der Waals surface area contributed by atoms with Gasteiger partial charge in [0.2, 0.25) is 5.89 Å². The number of rotatable bonds is 6. The van der Waals surface area contributed by atoms with Crippen LogP contribution in [0.2, 0.25) is 0 Å². The Hall–Kier alpha value is -1.49. The first-order valence-electron chi connectivity index (χ1n) is 7.57. The molecule has 0 atom stereocenters. The molecule has 0 spiro atoms. The average Bonchev–Trinajstić information content (AvgIpc) is 3.16. The third-order valence-corrected chi connectivity index (χ3v) is 5.24. The van der Waals surface area contributed by atoms with Gasteiger partial charge >= 0.3 is 0 Å². The van der Waals surface area contributed by atoms with Crippen molar-refractivity contribution < 1.29 is 4.52 Å². The molecule has 0 unspecified atom stereocenters. The van der Waals surface area contributed by atoms with Crippen LogP contribution in [0.5, 0.6) is 0 Å². The van der Waals surface area contributed by atoms with Crippen molar-refractivity contribution in [1.82, 2.24) is 10.1 Å². The zero-order valence-electron chi connectivity index (χ0n) is 12.1. The van der Waals surface area contributed by atoms with Crippen LogP contribution < -0.4 is 5.73 Å². The molecule has 2 aromatic rings. The highest BCUT2D eigenvalue weighted by Crippen LogP contribution is 2.30. The molecule has 1 aliphatic rings. The first kappa shape index (κ1) is 14.4. The summed E-state index contributed by atoms with van der Waals surface area (Å²) in [5.41, 5.74) is 7.71. The van der Waals surface area contributed by atoms with Gasteiger partial charge in [-0.05, 0) is 37.0 Å². The number of thioether (sulfide) groups is 1. The number of anilines is 1. The van der Waals surface area contributed by atoms with Crippen molar-refractivity contribution in [2.45, 2.75) is 49.5 Å². The Labute approximate surface area is 129 Å². The van der Waals surface area contributed by atoms with E-state index in [0.717, 1.165) is 41.2 Å². The SMILES string of the molecule is Nc1ccc(CCc2nc(CSC3CCCC3)no2)cc1. The fourth-order valence-corrected chi connectivity index (χ4v) is 3.80. The van der Waals surface area contributed by atoms with E-state index in [1.165, 1.54) is 31.2 Å². The minimum absolute atomic E-state index is 0.730. The summed E-state index contributed by atoms with van der Waals surface area (Å²) in [6.45, 7) is 0. The van der Waals surface area contributed by atoms with Gasteiger partial charge in [-0.15, -0.1) is 0 Å². The molecule has 1 fully saturated rings. The Bertz CT molecular complexity index is 561. The van der Waals surface area contributed by atoms with E-state index in [1.54, 1.807) is 0 Å². The molecule has 0 aliphatic heterocycles. The molecule has 1 saturated carbocycles. The molecule has 3 rings (SSSR count). The first-order chi connectivity index (χ1) is 10.3. The summed E-state index contributed by atoms with van der Waals surface area (Å²) in [5.74, 6) is 2.43. The first-order valence-corrected chi connectivity index (χ1v) is 8.62. The fourth-order valence-electron chi connectivity index (χ4n) is 2.63. The molecule has 21 heavy (non-hydrogen) atoms. The van der Waals surface area contributed by atoms with E-state index < -0.39 is 0 Å². The minimum Gasteiger partial charge on any atom is -0.399 e. The predicted molar refractivity (Wildman–Crippen MR) is 86.1 cm³/mol. The smallest absolute Gasteiger partial charge is 0.227 e. The van der Waals surface area contributed by atoms with E-state index >= 15 is 0 Å². The predicted octanol–water partition coefficient (Wildman–Crippen LogP) is 3.61. The molecule has 1 aromatic carbocycles. The van der Waals surface area contributed by atoms with Crippen LogP contribution in [0.25, 0.3) is 0 Å². The summed E-state index contributed by atoms with van der Waals surface area (Å²) in [5, 5.41) is 4.87. The third-order valence-electron chi connectivity index (χ3n) is 3.87. The maximum Gasteiger partial charge on any atom is 0.227 e. The maximum absolute atomic E-state index is 5.68. The summed E-state index contributed by atoms with van der Waals surface area (Å²) < 4.78 is 5.33. The standard InChI is InChI=1S/C16H21N3OS/c17-13-8-5-12(6-9-13)7-10-16-18-15(19-20-16)11-21-14-3-1-2-4-14/h5-6,8-9,14H,1-4,7,10-11,17H2. The molecular formula is C16H21N3OS. The van der Waals surface area contributed by atoms with Gasteiger partial charge in [0.1, 0.15) is 0 Å². The van der Waals surface area contributed by atoms with Crippen molar-refractivity contribution >= 4 is 17.4 Å². The molecule has 1 aromatic heterocycles. The zero-order chi connectivity index (χ0) is 14.5. The highest BCUT2D eigenvalue weighted by molar-refractivity contribution is 7.99. The van der Waals surface area contributed by atoms with Gasteiger partial charge in [-0.2, -0.15) is 16.7 Å². The van der Waals surface area contributed by atoms with Crippen LogP contribution in [0.15, 0.2) is 28.8 Å². The van der Waals surface area contributed by atoms with E-state index in [1.807, 2.05) is 36.0 Å². The van der Waals surface area contributed by atoms with E-state index in [2.05, 4.69) is 10.1 Å². The quantitative estimate of drug-likeness (QED) is 0.826. The van der Waals surface area contributed by atoms with Crippen LogP contribution >= 0.6 is 11.8 Å². The molecule has 0 radical (unpaired) electrons. The Morgan fingerprint density at radius 3 is 2.67 bits per heavy atom. The van der Waals surface area contributed by atoms with Gasteiger partial charge < -0.3 is 10.3 Å². The van der Waals surface area contributed by atoms with Crippen LogP contribution in [0.4, 0.5) is 5.69 Å². The van der Waals surface area contributed by atoms with Gasteiger partial charge in [-0.1, -0.05) is 30.1 Å². The van der Waals surface area contributed by atoms with E-state index in [0.29, 0.717) is 0 Å². The van der Waals surface area contributed by atoms with Gasteiger partial charge in [-0.25, -0.2) is 0 Å². The van der Waals surface area contributed by atoms with Crippen molar-refractivity contribution in [3.05, 3.63) is 41.5 Å². The van der Waals surface area contributed by atoms with Crippen LogP contribution in [0, 0.1) is 0 Å². The summed E-state index contributed by atoms with van der Waals surface area (Å²) >= 11 is 1.97. The summed E-state index contributed by atoms with van der Waals surface area (Å²) in [4.78, 5) is 4.48. The van der Waals surface area contributed by atoms with Gasteiger partial charge in [0.25, 0.3) is 0 Å². The van der Waals surface area contributed by atoms with Gasteiger partial charge in [0.15, 0.2) is 5.82 Å². The topological polar surface area (TPSA) is 64.9 Å². The Morgan fingerprint density at radius 1 is 1.14 bits per heavy atom. The van der Waals surface area contributed by atoms with E-state index in [-0.39, 0.29) is 0 Å². The molecule has 5 heteroatoms. The molecular weight excluding hydrogens is 282 g/mol. The maximum atomic E-state index is 5.68. The number of hydrogen-bond donors (Lipinski definition) is 1. The highest BCUT2D eigenvalue weighted by Gasteiger charge is 2.16. The number of aromatic nitrogens is 2. The van der Waals surface area contributed by atoms with Crippen molar-refractivity contribution in [2.75, 3.05) is 5.73 Å². The molecule has 1 aliphatic carbocycles. The van der Waals surface area contributed by atoms with Crippen LogP contribution in [0.3, 0.4) is 0 Å². The largest absolute Gasteiger partial charge is 0.399 e. The lowest BCUT2D eigenvalue weighted by Gasteiger charge is -2.04. The Morgan fingerprint density at radius 2 is 1.90 bits per heavy atom. The second-order valence-corrected chi connectivity index (χ2v) is 6.85. The molecule has 0 amide bonds. The monoisotopic (exact) mass is 303 g/mol. The molecule has 2 N–H and O–H groups in total. The highest BCUT2D eigenvalue weighted by atomic mass is 32.2. The summed E-state index contributed by atoms with van der Waals surface area (Å²) in [6, 6.07) is 7.94. The van der Waals surface area contributed by atoms with Crippen molar-refractivity contribution in [1.29, 1.82) is 0 Å². The molecule has 0 bridgehead atoms. The van der Waals surface area contributed by atoms with Crippen LogP contribution in [-0.4, -0.2) is 15.4 Å². The number of aryl methyl sites for hydroxylation is 2. The van der Waals surface area contributed by atoms with Crippen molar-refractivity contribution in [3.63, 3.8) is 0 Å². The Balaban J connectivity index is 1.46. The Kier molecular flexibility index (Phi) is 4.80. The molecule has 4 nitrogen and oxygen atoms in total. The van der Waals surface area contributed by atoms with E-state index in [4.69, 9.17) is 10.3 Å². The lowest BCUT2D eigenvalue weighted by molar-refractivity contribution is 0.374. The third kappa shape index (κ3) is 4.24. The van der Waals surface area contributed by atoms with E-state index in [9.17, 15) is 0 Å². The number of nitrogens with zero attached hydrogens (tertiary/aromatic N) is 2. The number of benzene rings is 1. The number of nitrogens with two attached hydrogens (primary N) is 1. The fraction of sp³-hybridized carbons (Fsp3) is 0.500. The molecule has 1 heterocycles. The normalized spacial score (nSPS) is 15.6. The lowest BCUT2D eigenvalue weighted by atomic mass is 10.1. The molecule has 0 saturated heterocycles. The van der Waals surface area contributed by atoms with Crippen LogP contribution in [0.1, 0.15) is 43.0 Å². The van der Waals surface area contributed by atoms with Crippen molar-refractivity contribution in [3.8, 4) is 0 Å². The summed E-state index contributed by atoms with van der Waals surface area (Å²) in [7, 11) is 0. The second kappa shape index (κ2) is 6.98. The van der Waals surface area contributed by atoms with Crippen molar-refractivity contribution in [2.24, 2.45) is 0 Å².